The van der Waals surface area contributed by atoms with Crippen molar-refractivity contribution in [3.05, 3.63) is 64.4 Å². The molecule has 0 radical (unpaired) electrons. The van der Waals surface area contributed by atoms with Crippen LogP contribution in [0.1, 0.15) is 11.1 Å². The van der Waals surface area contributed by atoms with E-state index in [0.29, 0.717) is 6.54 Å². The van der Waals surface area contributed by atoms with E-state index in [9.17, 15) is 9.59 Å². The second-order valence-corrected chi connectivity index (χ2v) is 5.63. The van der Waals surface area contributed by atoms with E-state index in [4.69, 9.17) is 0 Å². The van der Waals surface area contributed by atoms with Crippen molar-refractivity contribution in [1.82, 2.24) is 15.6 Å². The van der Waals surface area contributed by atoms with Gasteiger partial charge in [-0.25, -0.2) is 0 Å². The fourth-order valence-corrected chi connectivity index (χ4v) is 2.06. The maximum absolute atomic E-state index is 11.8. The summed E-state index contributed by atoms with van der Waals surface area (Å²) < 4.78 is 0.964. The van der Waals surface area contributed by atoms with Crippen LogP contribution in [-0.2, 0) is 22.6 Å². The number of hydrogen-bond acceptors (Lipinski definition) is 3. The minimum atomic E-state index is -0.229. The maximum Gasteiger partial charge on any atom is 0.239 e. The molecule has 2 rings (SSSR count). The highest BCUT2D eigenvalue weighted by Gasteiger charge is 2.06. The first-order valence-corrected chi connectivity index (χ1v) is 7.59. The average Bonchev–Trinajstić information content (AvgIpc) is 2.54. The van der Waals surface area contributed by atoms with Gasteiger partial charge in [0, 0.05) is 23.4 Å². The zero-order chi connectivity index (χ0) is 15.8. The van der Waals surface area contributed by atoms with Crippen molar-refractivity contribution in [3.63, 3.8) is 0 Å². The summed E-state index contributed by atoms with van der Waals surface area (Å²) >= 11 is 3.34. The summed E-state index contributed by atoms with van der Waals surface area (Å²) in [5.41, 5.74) is 1.81. The van der Waals surface area contributed by atoms with Crippen LogP contribution < -0.4 is 10.6 Å². The smallest absolute Gasteiger partial charge is 0.239 e. The van der Waals surface area contributed by atoms with Gasteiger partial charge in [-0.3, -0.25) is 14.6 Å². The second-order valence-electron chi connectivity index (χ2n) is 4.72. The van der Waals surface area contributed by atoms with Crippen molar-refractivity contribution in [1.29, 1.82) is 0 Å². The van der Waals surface area contributed by atoms with E-state index in [0.717, 1.165) is 15.6 Å². The third-order valence-electron chi connectivity index (χ3n) is 2.94. The van der Waals surface area contributed by atoms with E-state index in [1.807, 2.05) is 36.4 Å². The molecule has 114 valence electrons. The molecule has 0 fully saturated rings. The van der Waals surface area contributed by atoms with E-state index in [-0.39, 0.29) is 24.8 Å². The van der Waals surface area contributed by atoms with E-state index in [1.54, 1.807) is 12.4 Å². The lowest BCUT2D eigenvalue weighted by molar-refractivity contribution is -0.125. The Morgan fingerprint density at radius 3 is 2.45 bits per heavy atom. The molecule has 0 aliphatic heterocycles. The molecule has 0 saturated carbocycles. The lowest BCUT2D eigenvalue weighted by atomic mass is 10.1. The molecule has 5 nitrogen and oxygen atoms in total. The van der Waals surface area contributed by atoms with E-state index in [2.05, 4.69) is 31.5 Å². The third kappa shape index (κ3) is 5.65. The standard InChI is InChI=1S/C16H16BrN3O2/c17-14-5-3-12(4-6-14)8-15(21)20-11-16(22)19-10-13-2-1-7-18-9-13/h1-7,9H,8,10-11H2,(H,19,22)(H,20,21). The summed E-state index contributed by atoms with van der Waals surface area (Å²) in [6, 6.07) is 11.2. The molecule has 0 saturated heterocycles. The molecule has 0 atom stereocenters. The van der Waals surface area contributed by atoms with Gasteiger partial charge in [0.2, 0.25) is 11.8 Å². The molecule has 0 aliphatic rings. The summed E-state index contributed by atoms with van der Waals surface area (Å²) in [5, 5.41) is 5.33. The highest BCUT2D eigenvalue weighted by Crippen LogP contribution is 2.10. The Hall–Kier alpha value is -2.21. The number of halogens is 1. The van der Waals surface area contributed by atoms with Gasteiger partial charge in [0.05, 0.1) is 13.0 Å². The van der Waals surface area contributed by atoms with Gasteiger partial charge in [-0.05, 0) is 29.3 Å². The van der Waals surface area contributed by atoms with Crippen LogP contribution in [0, 0.1) is 0 Å². The molecular formula is C16H16BrN3O2. The highest BCUT2D eigenvalue weighted by molar-refractivity contribution is 9.10. The first kappa shape index (κ1) is 16.2. The number of carbonyl (C=O) groups excluding carboxylic acids is 2. The second kappa shape index (κ2) is 8.29. The topological polar surface area (TPSA) is 71.1 Å². The Morgan fingerprint density at radius 1 is 1.00 bits per heavy atom. The van der Waals surface area contributed by atoms with E-state index < -0.39 is 0 Å². The Labute approximate surface area is 137 Å². The van der Waals surface area contributed by atoms with Crippen LogP contribution in [0.25, 0.3) is 0 Å². The van der Waals surface area contributed by atoms with Crippen molar-refractivity contribution in [2.24, 2.45) is 0 Å². The lowest BCUT2D eigenvalue weighted by Gasteiger charge is -2.07. The SMILES string of the molecule is O=C(CNC(=O)Cc1ccc(Br)cc1)NCc1cccnc1. The zero-order valence-electron chi connectivity index (χ0n) is 11.9. The number of nitrogens with one attached hydrogen (secondary N) is 2. The Morgan fingerprint density at radius 2 is 1.77 bits per heavy atom. The fraction of sp³-hybridized carbons (Fsp3) is 0.188. The van der Waals surface area contributed by atoms with Gasteiger partial charge in [0.25, 0.3) is 0 Å². The molecule has 0 aliphatic carbocycles. The van der Waals surface area contributed by atoms with Crippen LogP contribution in [-0.4, -0.2) is 23.3 Å². The number of pyridine rings is 1. The molecule has 1 aromatic carbocycles. The van der Waals surface area contributed by atoms with Crippen LogP contribution in [0.4, 0.5) is 0 Å². The minimum absolute atomic E-state index is 0.0321. The van der Waals surface area contributed by atoms with Gasteiger partial charge < -0.3 is 10.6 Å². The Kier molecular flexibility index (Phi) is 6.09. The molecule has 2 N–H and O–H groups in total. The summed E-state index contributed by atoms with van der Waals surface area (Å²) in [6.45, 7) is 0.366. The van der Waals surface area contributed by atoms with Crippen molar-refractivity contribution in [2.75, 3.05) is 6.54 Å². The summed E-state index contributed by atoms with van der Waals surface area (Å²) in [7, 11) is 0. The van der Waals surface area contributed by atoms with Gasteiger partial charge >= 0.3 is 0 Å². The highest BCUT2D eigenvalue weighted by atomic mass is 79.9. The third-order valence-corrected chi connectivity index (χ3v) is 3.47. The number of benzene rings is 1. The zero-order valence-corrected chi connectivity index (χ0v) is 13.5. The summed E-state index contributed by atoms with van der Waals surface area (Å²) in [5.74, 6) is -0.410. The molecule has 1 heterocycles. The van der Waals surface area contributed by atoms with Crippen LogP contribution in [0.2, 0.25) is 0 Å². The molecule has 0 spiro atoms. The minimum Gasteiger partial charge on any atom is -0.350 e. The molecule has 0 unspecified atom stereocenters. The van der Waals surface area contributed by atoms with Crippen LogP contribution in [0.15, 0.2) is 53.3 Å². The first-order chi connectivity index (χ1) is 10.6. The summed E-state index contributed by atoms with van der Waals surface area (Å²) in [6.07, 6.45) is 3.61. The van der Waals surface area contributed by atoms with Gasteiger partial charge in [-0.2, -0.15) is 0 Å². The normalized spacial score (nSPS) is 10.0. The fourth-order valence-electron chi connectivity index (χ4n) is 1.79. The average molecular weight is 362 g/mol. The predicted octanol–water partition coefficient (Wildman–Crippen LogP) is 1.82. The lowest BCUT2D eigenvalue weighted by Crippen LogP contribution is -2.37. The van der Waals surface area contributed by atoms with Crippen LogP contribution >= 0.6 is 15.9 Å². The van der Waals surface area contributed by atoms with Crippen molar-refractivity contribution >= 4 is 27.7 Å². The number of carbonyl (C=O) groups is 2. The number of hydrogen-bond donors (Lipinski definition) is 2. The largest absolute Gasteiger partial charge is 0.350 e. The molecule has 1 aromatic heterocycles. The quantitative estimate of drug-likeness (QED) is 0.824. The molecule has 2 aromatic rings. The van der Waals surface area contributed by atoms with Crippen molar-refractivity contribution in [2.45, 2.75) is 13.0 Å². The van der Waals surface area contributed by atoms with Gasteiger partial charge in [0.15, 0.2) is 0 Å². The number of amides is 2. The Bertz CT molecular complexity index is 630. The van der Waals surface area contributed by atoms with Gasteiger partial charge in [-0.15, -0.1) is 0 Å². The van der Waals surface area contributed by atoms with Gasteiger partial charge in [-0.1, -0.05) is 34.1 Å². The first-order valence-electron chi connectivity index (χ1n) is 6.80. The van der Waals surface area contributed by atoms with E-state index in [1.165, 1.54) is 0 Å². The van der Waals surface area contributed by atoms with Crippen LogP contribution in [0.3, 0.4) is 0 Å². The van der Waals surface area contributed by atoms with E-state index >= 15 is 0 Å². The molecule has 6 heteroatoms. The predicted molar refractivity (Wildman–Crippen MR) is 86.9 cm³/mol. The van der Waals surface area contributed by atoms with Gasteiger partial charge in [0.1, 0.15) is 0 Å². The van der Waals surface area contributed by atoms with Crippen LogP contribution in [0.5, 0.6) is 0 Å². The number of aromatic nitrogens is 1. The maximum atomic E-state index is 11.8. The summed E-state index contributed by atoms with van der Waals surface area (Å²) in [4.78, 5) is 27.4. The molecule has 2 amide bonds. The Balaban J connectivity index is 1.69. The van der Waals surface area contributed by atoms with Crippen molar-refractivity contribution in [3.8, 4) is 0 Å². The number of rotatable bonds is 6. The number of nitrogens with zero attached hydrogens (tertiary/aromatic N) is 1. The van der Waals surface area contributed by atoms with Crippen molar-refractivity contribution < 1.29 is 9.59 Å². The molecule has 0 bridgehead atoms. The molecular weight excluding hydrogens is 346 g/mol. The monoisotopic (exact) mass is 361 g/mol. The molecule has 22 heavy (non-hydrogen) atoms.